The summed E-state index contributed by atoms with van der Waals surface area (Å²) in [5.74, 6) is -2.24. The summed E-state index contributed by atoms with van der Waals surface area (Å²) < 4.78 is 17.8. The summed E-state index contributed by atoms with van der Waals surface area (Å²) in [5, 5.41) is 30.3. The Bertz CT molecular complexity index is 1540. The second kappa shape index (κ2) is 15.8. The molecule has 0 radical (unpaired) electrons. The highest BCUT2D eigenvalue weighted by Gasteiger charge is 2.57. The number of likely N-dealkylation sites (tertiary alicyclic amines) is 1. The van der Waals surface area contributed by atoms with Crippen molar-refractivity contribution >= 4 is 59.1 Å². The number of phenols is 1. The predicted molar refractivity (Wildman–Crippen MR) is 185 cm³/mol. The molecule has 2 aromatic carbocycles. The molecule has 0 aromatic heterocycles. The highest BCUT2D eigenvalue weighted by atomic mass is 127. The van der Waals surface area contributed by atoms with E-state index in [0.717, 1.165) is 27.8 Å². The summed E-state index contributed by atoms with van der Waals surface area (Å²) in [6.45, 7) is 0.565. The van der Waals surface area contributed by atoms with Gasteiger partial charge in [0.2, 0.25) is 11.8 Å². The zero-order valence-corrected chi connectivity index (χ0v) is 28.9. The van der Waals surface area contributed by atoms with E-state index in [2.05, 4.69) is 28.7 Å². The van der Waals surface area contributed by atoms with Crippen molar-refractivity contribution in [2.24, 2.45) is 17.8 Å². The third kappa shape index (κ3) is 7.93. The maximum atomic E-state index is 13.8. The predicted octanol–water partition coefficient (Wildman–Crippen LogP) is 5.41. The third-order valence-corrected chi connectivity index (χ3v) is 10.2. The molecule has 250 valence electrons. The first-order valence-electron chi connectivity index (χ1n) is 16.1. The number of hydrogen-bond donors (Lipinski definition) is 3. The second-order valence-corrected chi connectivity index (χ2v) is 13.6. The van der Waals surface area contributed by atoms with Gasteiger partial charge in [0.1, 0.15) is 0 Å². The number of benzene rings is 2. The summed E-state index contributed by atoms with van der Waals surface area (Å²) in [4.78, 5) is 39.6. The molecular weight excluding hydrogens is 716 g/mol. The Kier molecular flexibility index (Phi) is 11.8. The first kappa shape index (κ1) is 35.1. The Hall–Kier alpha value is -3.20. The molecule has 10 nitrogen and oxygen atoms in total. The molecule has 2 heterocycles. The highest BCUT2D eigenvalue weighted by Crippen LogP contribution is 2.51. The molecule has 2 saturated heterocycles. The van der Waals surface area contributed by atoms with E-state index in [1.54, 1.807) is 13.2 Å². The minimum atomic E-state index is -1.09. The molecule has 2 fully saturated rings. The minimum absolute atomic E-state index is 0.0613. The first-order valence-corrected chi connectivity index (χ1v) is 17.1. The number of carboxylic acid groups (broad SMARTS) is 1. The van der Waals surface area contributed by atoms with Crippen LogP contribution >= 0.6 is 22.6 Å². The van der Waals surface area contributed by atoms with Crippen LogP contribution in [0.2, 0.25) is 6.32 Å². The number of allylic oxidation sites excluding steroid dienone is 1. The number of unbranched alkanes of at least 4 members (excludes halogenated alkanes) is 2. The van der Waals surface area contributed by atoms with E-state index in [1.807, 2.05) is 36.4 Å². The molecule has 0 bridgehead atoms. The number of phenolic OH excluding ortho intramolecular Hbond substituents is 1. The van der Waals surface area contributed by atoms with E-state index in [1.165, 1.54) is 12.0 Å². The Balaban J connectivity index is 1.41. The van der Waals surface area contributed by atoms with Gasteiger partial charge >= 0.3 is 13.1 Å². The lowest BCUT2D eigenvalue weighted by Gasteiger charge is -2.43. The van der Waals surface area contributed by atoms with Gasteiger partial charge in [0.15, 0.2) is 11.5 Å². The Morgan fingerprint density at radius 3 is 2.55 bits per heavy atom. The normalized spacial score (nSPS) is 22.9. The smallest absolute Gasteiger partial charge is 0.455 e. The number of amides is 2. The number of halogens is 1. The number of aliphatic carboxylic acids is 1. The lowest BCUT2D eigenvalue weighted by molar-refractivity contribution is -0.141. The van der Waals surface area contributed by atoms with E-state index in [0.29, 0.717) is 54.5 Å². The van der Waals surface area contributed by atoms with Gasteiger partial charge in [-0.3, -0.25) is 19.3 Å². The van der Waals surface area contributed by atoms with Crippen molar-refractivity contribution in [3.63, 3.8) is 0 Å². The third-order valence-electron chi connectivity index (χ3n) is 9.42. The molecule has 3 aliphatic rings. The summed E-state index contributed by atoms with van der Waals surface area (Å²) in [7, 11) is 2.04. The van der Waals surface area contributed by atoms with Gasteiger partial charge < -0.3 is 29.4 Å². The van der Waals surface area contributed by atoms with Crippen LogP contribution in [-0.2, 0) is 23.8 Å². The van der Waals surface area contributed by atoms with Crippen LogP contribution in [-0.4, -0.2) is 78.5 Å². The molecule has 5 rings (SSSR count). The van der Waals surface area contributed by atoms with Crippen LogP contribution in [0.4, 0.5) is 0 Å². The van der Waals surface area contributed by atoms with E-state index < -0.39 is 31.0 Å². The van der Waals surface area contributed by atoms with Crippen molar-refractivity contribution in [1.29, 1.82) is 0 Å². The minimum Gasteiger partial charge on any atom is -0.504 e. The van der Waals surface area contributed by atoms with Crippen LogP contribution in [0.15, 0.2) is 53.6 Å². The number of aromatic hydroxyl groups is 1. The molecule has 1 aliphatic carbocycles. The fraction of sp³-hybridized carbons (Fsp3) is 0.457. The second-order valence-electron chi connectivity index (χ2n) is 12.4. The molecule has 0 unspecified atom stereocenters. The van der Waals surface area contributed by atoms with Gasteiger partial charge in [-0.2, -0.15) is 0 Å². The Morgan fingerprint density at radius 1 is 1.09 bits per heavy atom. The molecule has 0 spiro atoms. The number of ether oxygens (including phenoxy) is 2. The van der Waals surface area contributed by atoms with Crippen LogP contribution in [0.5, 0.6) is 11.5 Å². The van der Waals surface area contributed by atoms with Crippen molar-refractivity contribution < 1.29 is 43.7 Å². The zero-order valence-electron chi connectivity index (χ0n) is 26.7. The fourth-order valence-electron chi connectivity index (χ4n) is 7.35. The van der Waals surface area contributed by atoms with Crippen molar-refractivity contribution in [3.8, 4) is 11.5 Å². The molecule has 12 heteroatoms. The number of fused-ring (bicyclic) bond motifs is 3. The topological polar surface area (TPSA) is 143 Å². The number of hydrogen-bond acceptors (Lipinski definition) is 8. The highest BCUT2D eigenvalue weighted by molar-refractivity contribution is 14.1. The molecule has 0 saturated carbocycles. The lowest BCUT2D eigenvalue weighted by Crippen LogP contribution is -2.46. The van der Waals surface area contributed by atoms with Crippen molar-refractivity contribution in [3.05, 3.63) is 68.3 Å². The number of carbonyl (C=O) groups is 3. The summed E-state index contributed by atoms with van der Waals surface area (Å²) in [5.41, 5.74) is 4.81. The van der Waals surface area contributed by atoms with E-state index in [4.69, 9.17) is 19.2 Å². The van der Waals surface area contributed by atoms with Crippen molar-refractivity contribution in [2.45, 2.75) is 57.4 Å². The average Bonchev–Trinajstić information content (AvgIpc) is 3.29. The quantitative estimate of drug-likeness (QED) is 0.0576. The van der Waals surface area contributed by atoms with Gasteiger partial charge in [-0.05, 0) is 107 Å². The van der Waals surface area contributed by atoms with Gasteiger partial charge in [-0.1, -0.05) is 42.8 Å². The molecule has 2 aromatic rings. The maximum absolute atomic E-state index is 13.8. The lowest BCUT2D eigenvalue weighted by atomic mass is 9.58. The summed E-state index contributed by atoms with van der Waals surface area (Å²) >= 11 is 2.08. The maximum Gasteiger partial charge on any atom is 0.455 e. The monoisotopic (exact) mass is 757 g/mol. The van der Waals surface area contributed by atoms with E-state index >= 15 is 0 Å². The van der Waals surface area contributed by atoms with Gasteiger partial charge in [-0.15, -0.1) is 0 Å². The largest absolute Gasteiger partial charge is 0.504 e. The van der Waals surface area contributed by atoms with Crippen molar-refractivity contribution in [1.82, 2.24) is 4.90 Å². The number of carboxylic acids is 1. The summed E-state index contributed by atoms with van der Waals surface area (Å²) in [6, 6.07) is 13.7. The fourth-order valence-corrected chi connectivity index (χ4v) is 7.98. The van der Waals surface area contributed by atoms with E-state index in [9.17, 15) is 24.5 Å². The molecular formula is C35H41BINO9. The number of imide groups is 1. The van der Waals surface area contributed by atoms with Crippen LogP contribution in [0, 0.1) is 21.3 Å². The standard InChI is InChI=1S/C35H41BINO9/c1-45-20-24-18-25-32(35(43)38(34(25)42)14-8-4-7-11-30(39)40)26-19-36(44)47-28(31(24)26)13-12-23(22-9-5-3-6-10-22)15-21-16-27(37)33(41)29(17-21)46-2/h3,5-6,9-10,15-17,25-26,28,32,41,44H,4,7-8,11-14,18-20H2,1-2H3,(H,39,40)/b23-15-/t25-,26+,28-,32-/m1/s1. The first-order chi connectivity index (χ1) is 22.6. The van der Waals surface area contributed by atoms with Crippen LogP contribution < -0.4 is 4.74 Å². The molecule has 2 aliphatic heterocycles. The SMILES string of the molecule is COCC1=C2[C@@H](CC/C(=C/c3cc(I)c(O)c(OC)c3)c3ccccc3)OB(O)C[C@@H]2[C@@H]2C(=O)N(CCCCCC(=O)O)C(=O)[C@@H]2C1. The van der Waals surface area contributed by atoms with Gasteiger partial charge in [0.05, 0.1) is 35.2 Å². The van der Waals surface area contributed by atoms with Gasteiger partial charge in [0.25, 0.3) is 0 Å². The number of carbonyl (C=O) groups excluding carboxylic acids is 2. The Morgan fingerprint density at radius 2 is 1.85 bits per heavy atom. The number of rotatable bonds is 14. The summed E-state index contributed by atoms with van der Waals surface area (Å²) in [6.07, 6.45) is 5.02. The molecule has 4 atom stereocenters. The molecule has 3 N–H and O–H groups in total. The molecule has 47 heavy (non-hydrogen) atoms. The van der Waals surface area contributed by atoms with Gasteiger partial charge in [-0.25, -0.2) is 0 Å². The number of nitrogens with zero attached hydrogens (tertiary/aromatic N) is 1. The van der Waals surface area contributed by atoms with Crippen LogP contribution in [0.1, 0.15) is 56.1 Å². The van der Waals surface area contributed by atoms with E-state index in [-0.39, 0.29) is 42.8 Å². The van der Waals surface area contributed by atoms with Gasteiger partial charge in [0, 0.05) is 20.1 Å². The molecule has 2 amide bonds. The Labute approximate surface area is 289 Å². The van der Waals surface area contributed by atoms with Crippen LogP contribution in [0.3, 0.4) is 0 Å². The number of methoxy groups -OCH3 is 2. The zero-order chi connectivity index (χ0) is 33.7. The van der Waals surface area contributed by atoms with Crippen molar-refractivity contribution in [2.75, 3.05) is 27.4 Å². The average molecular weight is 757 g/mol. The van der Waals surface area contributed by atoms with Crippen LogP contribution in [0.25, 0.3) is 11.6 Å².